The molecule has 0 aliphatic carbocycles. The first kappa shape index (κ1) is 16.7. The zero-order valence-electron chi connectivity index (χ0n) is 12.9. The number of nitrogens with zero attached hydrogens (tertiary/aromatic N) is 1. The molecule has 3 nitrogen and oxygen atoms in total. The summed E-state index contributed by atoms with van der Waals surface area (Å²) >= 11 is 9.72. The molecule has 0 saturated carbocycles. The van der Waals surface area contributed by atoms with Crippen LogP contribution in [0.4, 0.5) is 11.4 Å². The predicted molar refractivity (Wildman–Crippen MR) is 101 cm³/mol. The molecular formula is C19H14BrClN2O. The summed E-state index contributed by atoms with van der Waals surface area (Å²) < 4.78 is 0.880. The maximum Gasteiger partial charge on any atom is 0.194 e. The molecule has 1 aromatic heterocycles. The second kappa shape index (κ2) is 7.16. The molecule has 1 heterocycles. The summed E-state index contributed by atoms with van der Waals surface area (Å²) in [6, 6.07) is 14.7. The molecule has 2 aromatic carbocycles. The largest absolute Gasteiger partial charge is 0.354 e. The van der Waals surface area contributed by atoms with Crippen molar-refractivity contribution in [3.05, 3.63) is 87.1 Å². The van der Waals surface area contributed by atoms with Crippen molar-refractivity contribution in [1.29, 1.82) is 0 Å². The quantitative estimate of drug-likeness (QED) is 0.563. The molecule has 0 amide bonds. The van der Waals surface area contributed by atoms with Gasteiger partial charge in [0.2, 0.25) is 0 Å². The molecule has 0 aliphatic heterocycles. The first-order valence-corrected chi connectivity index (χ1v) is 8.49. The van der Waals surface area contributed by atoms with Gasteiger partial charge in [-0.15, -0.1) is 0 Å². The van der Waals surface area contributed by atoms with Gasteiger partial charge in [-0.1, -0.05) is 35.9 Å². The van der Waals surface area contributed by atoms with Crippen LogP contribution in [0.15, 0.2) is 65.4 Å². The molecule has 1 N–H and O–H groups in total. The molecule has 3 rings (SSSR count). The maximum absolute atomic E-state index is 12.7. The molecule has 3 aromatic rings. The number of aryl methyl sites for hydroxylation is 1. The molecule has 0 atom stereocenters. The van der Waals surface area contributed by atoms with Gasteiger partial charge in [0.1, 0.15) is 0 Å². The number of pyridine rings is 1. The number of hydrogen-bond donors (Lipinski definition) is 1. The van der Waals surface area contributed by atoms with Gasteiger partial charge < -0.3 is 5.32 Å². The lowest BCUT2D eigenvalue weighted by Crippen LogP contribution is -2.04. The van der Waals surface area contributed by atoms with E-state index in [1.807, 2.05) is 43.3 Å². The van der Waals surface area contributed by atoms with Gasteiger partial charge >= 0.3 is 0 Å². The number of carbonyl (C=O) groups excluding carboxylic acids is 1. The van der Waals surface area contributed by atoms with Crippen LogP contribution in [0.2, 0.25) is 5.02 Å². The number of nitrogens with one attached hydrogen (secondary N) is 1. The van der Waals surface area contributed by atoms with Gasteiger partial charge in [-0.25, -0.2) is 0 Å². The Bertz CT molecular complexity index is 911. The minimum atomic E-state index is -0.0752. The van der Waals surface area contributed by atoms with E-state index in [0.717, 1.165) is 21.4 Å². The van der Waals surface area contributed by atoms with Crippen molar-refractivity contribution in [2.24, 2.45) is 0 Å². The van der Waals surface area contributed by atoms with E-state index in [2.05, 4.69) is 26.2 Å². The van der Waals surface area contributed by atoms with Crippen molar-refractivity contribution in [1.82, 2.24) is 4.98 Å². The van der Waals surface area contributed by atoms with E-state index in [4.69, 9.17) is 11.6 Å². The Morgan fingerprint density at radius 3 is 2.54 bits per heavy atom. The molecule has 24 heavy (non-hydrogen) atoms. The third-order valence-corrected chi connectivity index (χ3v) is 4.34. The maximum atomic E-state index is 12.7. The Morgan fingerprint density at radius 2 is 1.83 bits per heavy atom. The Hall–Kier alpha value is -2.17. The molecule has 0 bridgehead atoms. The van der Waals surface area contributed by atoms with Crippen LogP contribution in [-0.4, -0.2) is 10.8 Å². The number of hydrogen-bond acceptors (Lipinski definition) is 3. The zero-order chi connectivity index (χ0) is 17.1. The van der Waals surface area contributed by atoms with E-state index in [-0.39, 0.29) is 5.78 Å². The fourth-order valence-electron chi connectivity index (χ4n) is 2.40. The summed E-state index contributed by atoms with van der Waals surface area (Å²) in [5.74, 6) is -0.0752. The molecule has 0 radical (unpaired) electrons. The van der Waals surface area contributed by atoms with Crippen molar-refractivity contribution < 1.29 is 4.79 Å². The van der Waals surface area contributed by atoms with Crippen molar-refractivity contribution in [3.63, 3.8) is 0 Å². The predicted octanol–water partition coefficient (Wildman–Crippen LogP) is 5.78. The van der Waals surface area contributed by atoms with Crippen LogP contribution in [0.1, 0.15) is 21.5 Å². The number of ketones is 1. The molecule has 0 saturated heterocycles. The highest BCUT2D eigenvalue weighted by molar-refractivity contribution is 9.10. The van der Waals surface area contributed by atoms with E-state index >= 15 is 0 Å². The molecule has 0 unspecified atom stereocenters. The first-order valence-electron chi connectivity index (χ1n) is 7.32. The van der Waals surface area contributed by atoms with E-state index in [9.17, 15) is 4.79 Å². The van der Waals surface area contributed by atoms with Gasteiger partial charge in [0.05, 0.1) is 16.9 Å². The Morgan fingerprint density at radius 1 is 1.04 bits per heavy atom. The number of benzene rings is 2. The fraction of sp³-hybridized carbons (Fsp3) is 0.0526. The lowest BCUT2D eigenvalue weighted by Gasteiger charge is -2.10. The normalized spacial score (nSPS) is 10.5. The number of anilines is 2. The van der Waals surface area contributed by atoms with Crippen molar-refractivity contribution in [2.75, 3.05) is 5.32 Å². The van der Waals surface area contributed by atoms with Gasteiger partial charge in [-0.3, -0.25) is 9.78 Å². The van der Waals surface area contributed by atoms with Crippen molar-refractivity contribution in [3.8, 4) is 0 Å². The summed E-state index contributed by atoms with van der Waals surface area (Å²) in [5.41, 5.74) is 3.71. The van der Waals surface area contributed by atoms with Crippen LogP contribution in [0.5, 0.6) is 0 Å². The highest BCUT2D eigenvalue weighted by atomic mass is 79.9. The summed E-state index contributed by atoms with van der Waals surface area (Å²) in [4.78, 5) is 16.8. The summed E-state index contributed by atoms with van der Waals surface area (Å²) in [6.45, 7) is 1.91. The summed E-state index contributed by atoms with van der Waals surface area (Å²) in [5, 5.41) is 3.63. The average molecular weight is 402 g/mol. The molecule has 0 spiro atoms. The number of aromatic nitrogens is 1. The second-order valence-electron chi connectivity index (χ2n) is 5.36. The SMILES string of the molecule is Cc1ccccc1C(=O)c1ccc(Nc2cncc(Br)c2)cc1Cl. The first-order chi connectivity index (χ1) is 11.5. The van der Waals surface area contributed by atoms with Crippen LogP contribution in [0.25, 0.3) is 0 Å². The van der Waals surface area contributed by atoms with Crippen LogP contribution in [0.3, 0.4) is 0 Å². The Labute approximate surface area is 153 Å². The number of rotatable bonds is 4. The highest BCUT2D eigenvalue weighted by Gasteiger charge is 2.15. The van der Waals surface area contributed by atoms with E-state index in [0.29, 0.717) is 16.1 Å². The molecule has 5 heteroatoms. The summed E-state index contributed by atoms with van der Waals surface area (Å²) in [6.07, 6.45) is 3.42. The van der Waals surface area contributed by atoms with Crippen molar-refractivity contribution >= 4 is 44.7 Å². The minimum absolute atomic E-state index is 0.0752. The van der Waals surface area contributed by atoms with E-state index in [1.54, 1.807) is 24.5 Å². The fourth-order valence-corrected chi connectivity index (χ4v) is 3.03. The second-order valence-corrected chi connectivity index (χ2v) is 6.68. The van der Waals surface area contributed by atoms with Crippen molar-refractivity contribution in [2.45, 2.75) is 6.92 Å². The highest BCUT2D eigenvalue weighted by Crippen LogP contribution is 2.27. The Kier molecular flexibility index (Phi) is 4.97. The number of halogens is 2. The molecule has 120 valence electrons. The topological polar surface area (TPSA) is 42.0 Å². The van der Waals surface area contributed by atoms with E-state index in [1.165, 1.54) is 0 Å². The van der Waals surface area contributed by atoms with Crippen LogP contribution in [-0.2, 0) is 0 Å². The summed E-state index contributed by atoms with van der Waals surface area (Å²) in [7, 11) is 0. The lowest BCUT2D eigenvalue weighted by molar-refractivity contribution is 0.103. The van der Waals surface area contributed by atoms with Gasteiger partial charge in [0.15, 0.2) is 5.78 Å². The van der Waals surface area contributed by atoms with Gasteiger partial charge in [-0.2, -0.15) is 0 Å². The molecule has 0 fully saturated rings. The zero-order valence-corrected chi connectivity index (χ0v) is 15.2. The molecular weight excluding hydrogens is 388 g/mol. The average Bonchev–Trinajstić information content (AvgIpc) is 2.55. The lowest BCUT2D eigenvalue weighted by atomic mass is 9.99. The van der Waals surface area contributed by atoms with Gasteiger partial charge in [0, 0.05) is 27.5 Å². The monoisotopic (exact) mass is 400 g/mol. The van der Waals surface area contributed by atoms with E-state index < -0.39 is 0 Å². The minimum Gasteiger partial charge on any atom is -0.354 e. The third-order valence-electron chi connectivity index (χ3n) is 3.60. The third kappa shape index (κ3) is 3.66. The van der Waals surface area contributed by atoms with Crippen LogP contribution in [0, 0.1) is 6.92 Å². The van der Waals surface area contributed by atoms with Crippen LogP contribution < -0.4 is 5.32 Å². The molecule has 0 aliphatic rings. The smallest absolute Gasteiger partial charge is 0.194 e. The number of carbonyl (C=O) groups is 1. The van der Waals surface area contributed by atoms with Gasteiger partial charge in [-0.05, 0) is 52.7 Å². The standard InChI is InChI=1S/C19H14BrClN2O/c1-12-4-2-3-5-16(12)19(24)17-7-6-14(9-18(17)21)23-15-8-13(20)10-22-11-15/h2-11,23H,1H3. The van der Waals surface area contributed by atoms with Crippen LogP contribution >= 0.6 is 27.5 Å². The Balaban J connectivity index is 1.87. The van der Waals surface area contributed by atoms with Gasteiger partial charge in [0.25, 0.3) is 0 Å².